The summed E-state index contributed by atoms with van der Waals surface area (Å²) in [6.45, 7) is 2.99. The minimum atomic E-state index is -0.150. The SMILES string of the molecule is CC1(CCCCCc2cccc(CCCCC3(OC=O)CC3)c2O)CC1. The Labute approximate surface area is 158 Å². The van der Waals surface area contributed by atoms with E-state index in [0.29, 0.717) is 17.6 Å². The largest absolute Gasteiger partial charge is 0.507 e. The van der Waals surface area contributed by atoms with E-state index in [1.165, 1.54) is 38.5 Å². The molecule has 26 heavy (non-hydrogen) atoms. The molecule has 0 aromatic heterocycles. The number of benzene rings is 1. The summed E-state index contributed by atoms with van der Waals surface area (Å²) in [4.78, 5) is 10.5. The molecular formula is C23H34O3. The van der Waals surface area contributed by atoms with E-state index in [4.69, 9.17) is 4.74 Å². The van der Waals surface area contributed by atoms with Gasteiger partial charge in [0, 0.05) is 0 Å². The van der Waals surface area contributed by atoms with Crippen LogP contribution in [-0.4, -0.2) is 17.2 Å². The van der Waals surface area contributed by atoms with Crippen molar-refractivity contribution in [2.45, 2.75) is 96.0 Å². The van der Waals surface area contributed by atoms with E-state index in [-0.39, 0.29) is 5.60 Å². The number of hydrogen-bond acceptors (Lipinski definition) is 3. The zero-order chi connectivity index (χ0) is 18.5. The molecule has 0 spiro atoms. The van der Waals surface area contributed by atoms with Crippen LogP contribution in [0, 0.1) is 5.41 Å². The summed E-state index contributed by atoms with van der Waals surface area (Å²) in [7, 11) is 0. The molecule has 0 unspecified atom stereocenters. The number of rotatable bonds is 13. The van der Waals surface area contributed by atoms with Crippen LogP contribution in [0.1, 0.15) is 88.7 Å². The average molecular weight is 359 g/mol. The Morgan fingerprint density at radius 3 is 2.15 bits per heavy atom. The Bertz CT molecular complexity index is 599. The zero-order valence-corrected chi connectivity index (χ0v) is 16.3. The Hall–Kier alpha value is -1.51. The normalized spacial score (nSPS) is 19.1. The van der Waals surface area contributed by atoms with Gasteiger partial charge < -0.3 is 9.84 Å². The number of phenolic OH excluding ortho intramolecular Hbond substituents is 1. The van der Waals surface area contributed by atoms with Gasteiger partial charge in [-0.15, -0.1) is 0 Å². The molecule has 0 heterocycles. The van der Waals surface area contributed by atoms with Crippen LogP contribution in [0.15, 0.2) is 18.2 Å². The van der Waals surface area contributed by atoms with Crippen molar-refractivity contribution >= 4 is 6.47 Å². The van der Waals surface area contributed by atoms with Crippen molar-refractivity contribution in [3.8, 4) is 5.75 Å². The minimum Gasteiger partial charge on any atom is -0.507 e. The molecule has 0 amide bonds. The van der Waals surface area contributed by atoms with E-state index in [1.54, 1.807) is 0 Å². The predicted molar refractivity (Wildman–Crippen MR) is 104 cm³/mol. The van der Waals surface area contributed by atoms with Crippen molar-refractivity contribution in [1.82, 2.24) is 0 Å². The molecule has 2 fully saturated rings. The van der Waals surface area contributed by atoms with E-state index in [2.05, 4.69) is 19.1 Å². The van der Waals surface area contributed by atoms with Gasteiger partial charge in [0.1, 0.15) is 11.4 Å². The quantitative estimate of drug-likeness (QED) is 0.363. The molecular weight excluding hydrogens is 324 g/mol. The number of aryl methyl sites for hydroxylation is 2. The molecule has 0 bridgehead atoms. The fraction of sp³-hybridized carbons (Fsp3) is 0.696. The third kappa shape index (κ3) is 5.49. The van der Waals surface area contributed by atoms with Gasteiger partial charge >= 0.3 is 0 Å². The third-order valence-corrected chi connectivity index (χ3v) is 6.47. The highest BCUT2D eigenvalue weighted by Gasteiger charge is 2.44. The lowest BCUT2D eigenvalue weighted by molar-refractivity contribution is -0.135. The fourth-order valence-electron chi connectivity index (χ4n) is 3.99. The summed E-state index contributed by atoms with van der Waals surface area (Å²) >= 11 is 0. The number of carbonyl (C=O) groups excluding carboxylic acids is 1. The van der Waals surface area contributed by atoms with Gasteiger partial charge in [-0.25, -0.2) is 0 Å². The molecule has 2 saturated carbocycles. The number of carbonyl (C=O) groups is 1. The average Bonchev–Trinajstić information content (AvgIpc) is 3.54. The van der Waals surface area contributed by atoms with Crippen molar-refractivity contribution in [3.63, 3.8) is 0 Å². The van der Waals surface area contributed by atoms with E-state index >= 15 is 0 Å². The molecule has 3 heteroatoms. The molecule has 0 saturated heterocycles. The highest BCUT2D eigenvalue weighted by atomic mass is 16.5. The first-order valence-electron chi connectivity index (χ1n) is 10.5. The summed E-state index contributed by atoms with van der Waals surface area (Å²) in [5.41, 5.74) is 2.68. The van der Waals surface area contributed by atoms with Crippen LogP contribution >= 0.6 is 0 Å². The van der Waals surface area contributed by atoms with E-state index < -0.39 is 0 Å². The van der Waals surface area contributed by atoms with Crippen molar-refractivity contribution in [2.24, 2.45) is 5.41 Å². The van der Waals surface area contributed by atoms with E-state index in [1.807, 2.05) is 6.07 Å². The van der Waals surface area contributed by atoms with Crippen LogP contribution in [0.3, 0.4) is 0 Å². The van der Waals surface area contributed by atoms with Gasteiger partial charge in [0.05, 0.1) is 0 Å². The van der Waals surface area contributed by atoms with Gasteiger partial charge in [-0.3, -0.25) is 4.79 Å². The number of ether oxygens (including phenoxy) is 1. The van der Waals surface area contributed by atoms with Crippen LogP contribution in [0.5, 0.6) is 5.75 Å². The number of phenols is 1. The van der Waals surface area contributed by atoms with Crippen molar-refractivity contribution < 1.29 is 14.6 Å². The lowest BCUT2D eigenvalue weighted by Gasteiger charge is -2.13. The molecule has 2 aliphatic rings. The highest BCUT2D eigenvalue weighted by Crippen LogP contribution is 2.49. The van der Waals surface area contributed by atoms with Crippen LogP contribution in [-0.2, 0) is 22.4 Å². The summed E-state index contributed by atoms with van der Waals surface area (Å²) in [5.74, 6) is 0.506. The molecule has 0 aliphatic heterocycles. The Kier molecular flexibility index (Phi) is 6.26. The number of hydrogen-bond donors (Lipinski definition) is 1. The van der Waals surface area contributed by atoms with Crippen molar-refractivity contribution in [1.29, 1.82) is 0 Å². The predicted octanol–water partition coefficient (Wildman–Crippen LogP) is 5.71. The van der Waals surface area contributed by atoms with Gasteiger partial charge in [-0.05, 0) is 87.2 Å². The van der Waals surface area contributed by atoms with Gasteiger partial charge in [0.25, 0.3) is 6.47 Å². The van der Waals surface area contributed by atoms with Gasteiger partial charge in [0.2, 0.25) is 0 Å². The standard InChI is InChI=1S/C23H34O3/c1-22(14-15-22)12-5-2-3-8-19-10-7-11-20(21(19)25)9-4-6-13-23(16-17-23)26-18-24/h7,10-11,18,25H,2-6,8-9,12-17H2,1H3. The third-order valence-electron chi connectivity index (χ3n) is 6.47. The monoisotopic (exact) mass is 358 g/mol. The highest BCUT2D eigenvalue weighted by molar-refractivity contribution is 5.40. The van der Waals surface area contributed by atoms with Crippen molar-refractivity contribution in [2.75, 3.05) is 0 Å². The molecule has 1 N–H and O–H groups in total. The summed E-state index contributed by atoms with van der Waals surface area (Å²) in [5, 5.41) is 10.6. The lowest BCUT2D eigenvalue weighted by atomic mass is 9.97. The van der Waals surface area contributed by atoms with Crippen LogP contribution in [0.4, 0.5) is 0 Å². The summed E-state index contributed by atoms with van der Waals surface area (Å²) in [6.07, 6.45) is 14.9. The topological polar surface area (TPSA) is 46.5 Å². The van der Waals surface area contributed by atoms with E-state index in [9.17, 15) is 9.90 Å². The Morgan fingerprint density at radius 2 is 1.58 bits per heavy atom. The second kappa shape index (κ2) is 8.45. The second-order valence-corrected chi connectivity index (χ2v) is 8.90. The number of aromatic hydroxyl groups is 1. The molecule has 1 aromatic rings. The van der Waals surface area contributed by atoms with Gasteiger partial charge in [0.15, 0.2) is 0 Å². The molecule has 3 rings (SSSR count). The maximum atomic E-state index is 10.6. The first kappa shape index (κ1) is 19.3. The van der Waals surface area contributed by atoms with E-state index in [0.717, 1.165) is 56.1 Å². The molecule has 0 radical (unpaired) electrons. The first-order chi connectivity index (χ1) is 12.6. The molecule has 144 valence electrons. The van der Waals surface area contributed by atoms with Gasteiger partial charge in [-0.1, -0.05) is 38.0 Å². The molecule has 0 atom stereocenters. The Balaban J connectivity index is 1.36. The summed E-state index contributed by atoms with van der Waals surface area (Å²) < 4.78 is 5.19. The maximum Gasteiger partial charge on any atom is 0.293 e. The maximum absolute atomic E-state index is 10.6. The molecule has 1 aromatic carbocycles. The number of para-hydroxylation sites is 1. The summed E-state index contributed by atoms with van der Waals surface area (Å²) in [6, 6.07) is 6.19. The fourth-order valence-corrected chi connectivity index (χ4v) is 3.99. The van der Waals surface area contributed by atoms with Crippen LogP contribution in [0.25, 0.3) is 0 Å². The molecule has 2 aliphatic carbocycles. The Morgan fingerprint density at radius 1 is 0.962 bits per heavy atom. The lowest BCUT2D eigenvalue weighted by Crippen LogP contribution is -2.12. The minimum absolute atomic E-state index is 0.150. The smallest absolute Gasteiger partial charge is 0.293 e. The zero-order valence-electron chi connectivity index (χ0n) is 16.3. The molecule has 3 nitrogen and oxygen atoms in total. The first-order valence-corrected chi connectivity index (χ1v) is 10.5. The number of unbranched alkanes of at least 4 members (excludes halogenated alkanes) is 3. The van der Waals surface area contributed by atoms with Crippen LogP contribution in [0.2, 0.25) is 0 Å². The van der Waals surface area contributed by atoms with Crippen LogP contribution < -0.4 is 0 Å². The van der Waals surface area contributed by atoms with Gasteiger partial charge in [-0.2, -0.15) is 0 Å². The second-order valence-electron chi connectivity index (χ2n) is 8.90. The van der Waals surface area contributed by atoms with Crippen molar-refractivity contribution in [3.05, 3.63) is 29.3 Å².